The van der Waals surface area contributed by atoms with Crippen LogP contribution in [0.2, 0.25) is 0 Å². The number of rotatable bonds is 4. The third-order valence-electron chi connectivity index (χ3n) is 2.08. The van der Waals surface area contributed by atoms with Gasteiger partial charge >= 0.3 is 0 Å². The van der Waals surface area contributed by atoms with Crippen LogP contribution in [0.25, 0.3) is 0 Å². The molecule has 1 aliphatic rings. The van der Waals surface area contributed by atoms with Crippen molar-refractivity contribution in [2.75, 3.05) is 13.2 Å². The van der Waals surface area contributed by atoms with Crippen molar-refractivity contribution in [2.45, 2.75) is 17.0 Å². The van der Waals surface area contributed by atoms with Crippen molar-refractivity contribution in [3.63, 3.8) is 0 Å². The van der Waals surface area contributed by atoms with Gasteiger partial charge in [-0.1, -0.05) is 30.3 Å². The van der Waals surface area contributed by atoms with E-state index in [1.165, 1.54) is 5.56 Å². The molecule has 0 radical (unpaired) electrons. The van der Waals surface area contributed by atoms with E-state index < -0.39 is 0 Å². The van der Waals surface area contributed by atoms with Crippen LogP contribution in [-0.2, 0) is 20.8 Å². The van der Waals surface area contributed by atoms with E-state index in [1.807, 2.05) is 30.3 Å². The predicted molar refractivity (Wildman–Crippen MR) is 64.7 cm³/mol. The van der Waals surface area contributed by atoms with Crippen LogP contribution < -0.4 is 0 Å². The predicted octanol–water partition coefficient (Wildman–Crippen LogP) is 2.34. The largest absolute Gasteiger partial charge is 0.371 e. The average Bonchev–Trinajstić information content (AvgIpc) is 2.66. The van der Waals surface area contributed by atoms with Crippen LogP contribution in [0.3, 0.4) is 0 Å². The van der Waals surface area contributed by atoms with Gasteiger partial charge in [-0.3, -0.25) is 0 Å². The maximum Gasteiger partial charge on any atom is 0.182 e. The van der Waals surface area contributed by atoms with E-state index >= 15 is 0 Å². The molecule has 0 amide bonds. The van der Waals surface area contributed by atoms with Gasteiger partial charge in [0.1, 0.15) is 4.11 Å². The van der Waals surface area contributed by atoms with E-state index in [2.05, 4.69) is 22.6 Å². The summed E-state index contributed by atoms with van der Waals surface area (Å²) in [6.07, 6.45) is -0.199. The molecule has 1 heterocycles. The minimum Gasteiger partial charge on any atom is -0.371 e. The molecule has 4 heteroatoms. The molecule has 2 rings (SSSR count). The summed E-state index contributed by atoms with van der Waals surface area (Å²) in [7, 11) is 0. The van der Waals surface area contributed by atoms with Gasteiger partial charge in [0.15, 0.2) is 6.29 Å². The molecule has 0 saturated carbocycles. The van der Waals surface area contributed by atoms with Crippen LogP contribution in [0.5, 0.6) is 0 Å². The summed E-state index contributed by atoms with van der Waals surface area (Å²) < 4.78 is 16.4. The molecule has 0 bridgehead atoms. The van der Waals surface area contributed by atoms with Crippen molar-refractivity contribution >= 4 is 22.6 Å². The Kier molecular flexibility index (Phi) is 4.37. The van der Waals surface area contributed by atoms with Crippen molar-refractivity contribution in [1.82, 2.24) is 0 Å². The minimum atomic E-state index is -0.199. The summed E-state index contributed by atoms with van der Waals surface area (Å²) in [5.74, 6) is 0. The highest BCUT2D eigenvalue weighted by atomic mass is 127. The van der Waals surface area contributed by atoms with Gasteiger partial charge < -0.3 is 14.2 Å². The smallest absolute Gasteiger partial charge is 0.182 e. The Morgan fingerprint density at radius 1 is 1.33 bits per heavy atom. The molecule has 0 unspecified atom stereocenters. The maximum atomic E-state index is 5.50. The maximum absolute atomic E-state index is 5.50. The zero-order chi connectivity index (χ0) is 10.5. The third kappa shape index (κ3) is 3.71. The Bertz CT molecular complexity index is 291. The van der Waals surface area contributed by atoms with E-state index in [4.69, 9.17) is 14.2 Å². The molecule has 1 aromatic carbocycles. The Morgan fingerprint density at radius 3 is 2.80 bits per heavy atom. The second-order valence-corrected chi connectivity index (χ2v) is 4.70. The van der Waals surface area contributed by atoms with E-state index in [0.717, 1.165) is 0 Å². The summed E-state index contributed by atoms with van der Waals surface area (Å²) in [6, 6.07) is 10.1. The van der Waals surface area contributed by atoms with Gasteiger partial charge in [0.05, 0.1) is 19.8 Å². The summed E-state index contributed by atoms with van der Waals surface area (Å²) in [5.41, 5.74) is 1.17. The average molecular weight is 320 g/mol. The highest BCUT2D eigenvalue weighted by Crippen LogP contribution is 2.17. The first kappa shape index (κ1) is 11.3. The Morgan fingerprint density at radius 2 is 2.13 bits per heavy atom. The van der Waals surface area contributed by atoms with Crippen LogP contribution in [0.1, 0.15) is 5.56 Å². The van der Waals surface area contributed by atoms with Gasteiger partial charge in [-0.25, -0.2) is 0 Å². The van der Waals surface area contributed by atoms with Crippen molar-refractivity contribution < 1.29 is 14.2 Å². The van der Waals surface area contributed by atoms with Crippen molar-refractivity contribution in [3.05, 3.63) is 35.9 Å². The molecular weight excluding hydrogens is 307 g/mol. The molecule has 1 fully saturated rings. The van der Waals surface area contributed by atoms with Crippen molar-refractivity contribution in [3.8, 4) is 0 Å². The number of halogens is 1. The van der Waals surface area contributed by atoms with E-state index in [-0.39, 0.29) is 10.4 Å². The lowest BCUT2D eigenvalue weighted by Crippen LogP contribution is -2.16. The van der Waals surface area contributed by atoms with Gasteiger partial charge in [0.25, 0.3) is 0 Å². The van der Waals surface area contributed by atoms with Crippen LogP contribution in [-0.4, -0.2) is 23.6 Å². The van der Waals surface area contributed by atoms with Gasteiger partial charge in [-0.05, 0) is 28.2 Å². The minimum absolute atomic E-state index is 0.160. The van der Waals surface area contributed by atoms with Gasteiger partial charge in [0.2, 0.25) is 0 Å². The topological polar surface area (TPSA) is 27.7 Å². The summed E-state index contributed by atoms with van der Waals surface area (Å²) >= 11 is 2.21. The quantitative estimate of drug-likeness (QED) is 0.630. The Labute approximate surface area is 103 Å². The third-order valence-corrected chi connectivity index (χ3v) is 2.73. The molecule has 1 aromatic rings. The fourth-order valence-electron chi connectivity index (χ4n) is 1.36. The van der Waals surface area contributed by atoms with E-state index in [1.54, 1.807) is 0 Å². The first-order valence-corrected chi connectivity index (χ1v) is 6.12. The molecule has 0 spiro atoms. The lowest BCUT2D eigenvalue weighted by atomic mass is 10.2. The van der Waals surface area contributed by atoms with Gasteiger partial charge in [0, 0.05) is 0 Å². The van der Waals surface area contributed by atoms with Crippen LogP contribution in [0, 0.1) is 0 Å². The molecule has 0 aromatic heterocycles. The van der Waals surface area contributed by atoms with Crippen LogP contribution in [0.15, 0.2) is 30.3 Å². The molecule has 0 N–H and O–H groups in total. The zero-order valence-electron chi connectivity index (χ0n) is 8.27. The monoisotopic (exact) mass is 320 g/mol. The first-order valence-electron chi connectivity index (χ1n) is 4.87. The molecule has 3 nitrogen and oxygen atoms in total. The SMILES string of the molecule is I[C@H]1CO[C@@H](COCc2ccccc2)O1. The summed E-state index contributed by atoms with van der Waals surface area (Å²) in [5, 5.41) is 0. The lowest BCUT2D eigenvalue weighted by molar-refractivity contribution is -0.0990. The molecule has 15 heavy (non-hydrogen) atoms. The number of alkyl halides is 1. The van der Waals surface area contributed by atoms with Gasteiger partial charge in [-0.2, -0.15) is 0 Å². The highest BCUT2D eigenvalue weighted by Gasteiger charge is 2.23. The second kappa shape index (κ2) is 5.79. The van der Waals surface area contributed by atoms with Crippen molar-refractivity contribution in [1.29, 1.82) is 0 Å². The molecule has 0 aliphatic carbocycles. The highest BCUT2D eigenvalue weighted by molar-refractivity contribution is 14.1. The molecule has 2 atom stereocenters. The fourth-order valence-corrected chi connectivity index (χ4v) is 1.90. The van der Waals surface area contributed by atoms with Crippen LogP contribution >= 0.6 is 22.6 Å². The molecular formula is C11H13IO3. The standard InChI is InChI=1S/C11H13IO3/c12-10-7-14-11(15-10)8-13-6-9-4-2-1-3-5-9/h1-5,10-11H,6-8H2/t10-,11-/m1/s1. The second-order valence-electron chi connectivity index (χ2n) is 3.31. The number of hydrogen-bond donors (Lipinski definition) is 0. The number of hydrogen-bond acceptors (Lipinski definition) is 3. The lowest BCUT2D eigenvalue weighted by Gasteiger charge is -2.09. The fraction of sp³-hybridized carbons (Fsp3) is 0.455. The van der Waals surface area contributed by atoms with E-state index in [0.29, 0.717) is 19.8 Å². The molecule has 82 valence electrons. The summed E-state index contributed by atoms with van der Waals surface area (Å²) in [6.45, 7) is 1.75. The molecule has 1 saturated heterocycles. The Balaban J connectivity index is 1.67. The number of benzene rings is 1. The zero-order valence-corrected chi connectivity index (χ0v) is 10.4. The molecule has 1 aliphatic heterocycles. The van der Waals surface area contributed by atoms with E-state index in [9.17, 15) is 0 Å². The van der Waals surface area contributed by atoms with Crippen molar-refractivity contribution in [2.24, 2.45) is 0 Å². The summed E-state index contributed by atoms with van der Waals surface area (Å²) in [4.78, 5) is 0. The first-order chi connectivity index (χ1) is 7.34. The Hall–Kier alpha value is -0.170. The normalized spacial score (nSPS) is 25.7. The number of ether oxygens (including phenoxy) is 3. The van der Waals surface area contributed by atoms with Crippen LogP contribution in [0.4, 0.5) is 0 Å². The van der Waals surface area contributed by atoms with Gasteiger partial charge in [-0.15, -0.1) is 0 Å².